The van der Waals surface area contributed by atoms with E-state index >= 15 is 0 Å². The predicted molar refractivity (Wildman–Crippen MR) is 68.0 cm³/mol. The molecule has 102 valence electrons. The zero-order valence-electron chi connectivity index (χ0n) is 10.0. The molecule has 0 saturated carbocycles. The fourth-order valence-electron chi connectivity index (χ4n) is 1.25. The molecule has 1 amide bonds. The van der Waals surface area contributed by atoms with Crippen LogP contribution in [-0.2, 0) is 14.3 Å². The van der Waals surface area contributed by atoms with Crippen LogP contribution in [0.25, 0.3) is 0 Å². The van der Waals surface area contributed by atoms with Gasteiger partial charge in [0, 0.05) is 18.6 Å². The third-order valence-corrected chi connectivity index (χ3v) is 2.53. The first-order valence-corrected chi connectivity index (χ1v) is 5.62. The second kappa shape index (κ2) is 6.69. The van der Waals surface area contributed by atoms with Crippen molar-refractivity contribution in [1.29, 1.82) is 0 Å². The van der Waals surface area contributed by atoms with E-state index < -0.39 is 16.8 Å². The van der Waals surface area contributed by atoms with Crippen LogP contribution >= 0.6 is 11.6 Å². The number of rotatable bonds is 5. The van der Waals surface area contributed by atoms with Crippen LogP contribution in [0.5, 0.6) is 0 Å². The number of carbonyl (C=O) groups is 2. The zero-order valence-corrected chi connectivity index (χ0v) is 10.8. The normalized spacial score (nSPS) is 9.79. The van der Waals surface area contributed by atoms with E-state index in [0.29, 0.717) is 0 Å². The quantitative estimate of drug-likeness (QED) is 0.508. The number of hydrogen-bond acceptors (Lipinski definition) is 5. The van der Waals surface area contributed by atoms with Gasteiger partial charge in [-0.15, -0.1) is 0 Å². The van der Waals surface area contributed by atoms with E-state index in [1.807, 2.05) is 0 Å². The van der Waals surface area contributed by atoms with Crippen LogP contribution in [0.1, 0.15) is 12.8 Å². The van der Waals surface area contributed by atoms with Gasteiger partial charge in [0.25, 0.3) is 5.69 Å². The van der Waals surface area contributed by atoms with Gasteiger partial charge in [-0.05, 0) is 6.07 Å². The largest absolute Gasteiger partial charge is 0.469 e. The third kappa shape index (κ3) is 4.55. The molecular weight excluding hydrogens is 276 g/mol. The maximum atomic E-state index is 11.5. The van der Waals surface area contributed by atoms with Gasteiger partial charge in [0.05, 0.1) is 29.2 Å². The zero-order chi connectivity index (χ0) is 14.4. The van der Waals surface area contributed by atoms with Gasteiger partial charge in [-0.1, -0.05) is 11.6 Å². The molecule has 0 heterocycles. The SMILES string of the molecule is COC(=O)CCC(=O)Nc1ccc([N+](=O)[O-])cc1Cl. The number of hydrogen-bond donors (Lipinski definition) is 1. The summed E-state index contributed by atoms with van der Waals surface area (Å²) in [5.74, 6) is -0.925. The Bertz CT molecular complexity index is 518. The highest BCUT2D eigenvalue weighted by Crippen LogP contribution is 2.26. The monoisotopic (exact) mass is 286 g/mol. The van der Waals surface area contributed by atoms with Gasteiger partial charge in [-0.2, -0.15) is 0 Å². The summed E-state index contributed by atoms with van der Waals surface area (Å²) < 4.78 is 4.40. The lowest BCUT2D eigenvalue weighted by Gasteiger charge is -2.06. The summed E-state index contributed by atoms with van der Waals surface area (Å²) in [7, 11) is 1.23. The Hall–Kier alpha value is -2.15. The van der Waals surface area contributed by atoms with Crippen LogP contribution in [0.4, 0.5) is 11.4 Å². The summed E-state index contributed by atoms with van der Waals surface area (Å²) >= 11 is 5.80. The molecule has 1 aromatic carbocycles. The number of nitrogens with zero attached hydrogens (tertiary/aromatic N) is 1. The average molecular weight is 287 g/mol. The first kappa shape index (κ1) is 14.9. The molecular formula is C11H11ClN2O5. The number of methoxy groups -OCH3 is 1. The minimum absolute atomic E-state index is 0.0487. The number of amides is 1. The molecule has 0 unspecified atom stereocenters. The fourth-order valence-corrected chi connectivity index (χ4v) is 1.47. The highest BCUT2D eigenvalue weighted by Gasteiger charge is 2.12. The predicted octanol–water partition coefficient (Wildman–Crippen LogP) is 2.14. The van der Waals surface area contributed by atoms with Gasteiger partial charge < -0.3 is 10.1 Å². The van der Waals surface area contributed by atoms with Crippen molar-refractivity contribution >= 4 is 34.9 Å². The molecule has 1 aromatic rings. The van der Waals surface area contributed by atoms with Crippen LogP contribution in [0.15, 0.2) is 18.2 Å². The number of non-ortho nitro benzene ring substituents is 1. The average Bonchev–Trinajstić information content (AvgIpc) is 2.38. The minimum Gasteiger partial charge on any atom is -0.469 e. The van der Waals surface area contributed by atoms with Gasteiger partial charge in [-0.3, -0.25) is 19.7 Å². The molecule has 1 N–H and O–H groups in total. The molecule has 8 heteroatoms. The molecule has 0 bridgehead atoms. The summed E-state index contributed by atoms with van der Waals surface area (Å²) in [6.07, 6.45) is -0.104. The van der Waals surface area contributed by atoms with Crippen molar-refractivity contribution < 1.29 is 19.2 Å². The van der Waals surface area contributed by atoms with Gasteiger partial charge in [0.1, 0.15) is 0 Å². The summed E-state index contributed by atoms with van der Waals surface area (Å²) in [6, 6.07) is 3.69. The lowest BCUT2D eigenvalue weighted by Crippen LogP contribution is -2.14. The van der Waals surface area contributed by atoms with Gasteiger partial charge >= 0.3 is 5.97 Å². The van der Waals surface area contributed by atoms with Crippen molar-refractivity contribution in [1.82, 2.24) is 0 Å². The van der Waals surface area contributed by atoms with Crippen LogP contribution in [0, 0.1) is 10.1 Å². The number of benzene rings is 1. The highest BCUT2D eigenvalue weighted by molar-refractivity contribution is 6.33. The molecule has 0 aliphatic heterocycles. The van der Waals surface area contributed by atoms with E-state index in [1.54, 1.807) is 0 Å². The van der Waals surface area contributed by atoms with Crippen molar-refractivity contribution in [2.45, 2.75) is 12.8 Å². The first-order chi connectivity index (χ1) is 8.93. The van der Waals surface area contributed by atoms with E-state index in [4.69, 9.17) is 11.6 Å². The smallest absolute Gasteiger partial charge is 0.306 e. The van der Waals surface area contributed by atoms with Crippen LogP contribution < -0.4 is 5.32 Å². The Labute approximate surface area is 113 Å². The number of ether oxygens (including phenoxy) is 1. The van der Waals surface area contributed by atoms with Gasteiger partial charge in [0.2, 0.25) is 5.91 Å². The molecule has 0 radical (unpaired) electrons. The summed E-state index contributed by atoms with van der Waals surface area (Å²) in [5, 5.41) is 13.0. The standard InChI is InChI=1S/C11H11ClN2O5/c1-19-11(16)5-4-10(15)13-9-3-2-7(14(17)18)6-8(9)12/h2-3,6H,4-5H2,1H3,(H,13,15). The van der Waals surface area contributed by atoms with E-state index in [1.165, 1.54) is 19.2 Å². The third-order valence-electron chi connectivity index (χ3n) is 2.22. The second-order valence-electron chi connectivity index (χ2n) is 3.55. The number of anilines is 1. The summed E-state index contributed by atoms with van der Waals surface area (Å²) in [5.41, 5.74) is 0.0830. The number of nitro benzene ring substituents is 1. The molecule has 0 aliphatic rings. The molecule has 7 nitrogen and oxygen atoms in total. The maximum Gasteiger partial charge on any atom is 0.306 e. The van der Waals surface area contributed by atoms with E-state index in [-0.39, 0.29) is 29.2 Å². The molecule has 1 rings (SSSR count). The maximum absolute atomic E-state index is 11.5. The molecule has 0 spiro atoms. The van der Waals surface area contributed by atoms with Gasteiger partial charge in [0.15, 0.2) is 0 Å². The van der Waals surface area contributed by atoms with Crippen molar-refractivity contribution in [3.8, 4) is 0 Å². The Morgan fingerprint density at radius 1 is 1.42 bits per heavy atom. The van der Waals surface area contributed by atoms with Crippen molar-refractivity contribution in [3.63, 3.8) is 0 Å². The molecule has 0 fully saturated rings. The highest BCUT2D eigenvalue weighted by atomic mass is 35.5. The number of carbonyl (C=O) groups excluding carboxylic acids is 2. The first-order valence-electron chi connectivity index (χ1n) is 5.24. The lowest BCUT2D eigenvalue weighted by molar-refractivity contribution is -0.384. The number of nitrogens with one attached hydrogen (secondary N) is 1. The number of nitro groups is 1. The summed E-state index contributed by atoms with van der Waals surface area (Å²) in [6.45, 7) is 0. The Balaban J connectivity index is 2.64. The van der Waals surface area contributed by atoms with E-state index in [0.717, 1.165) is 6.07 Å². The molecule has 0 aromatic heterocycles. The fraction of sp³-hybridized carbons (Fsp3) is 0.273. The second-order valence-corrected chi connectivity index (χ2v) is 3.95. The van der Waals surface area contributed by atoms with Crippen LogP contribution in [0.2, 0.25) is 5.02 Å². The Kier molecular flexibility index (Phi) is 5.25. The Morgan fingerprint density at radius 3 is 2.63 bits per heavy atom. The number of halogens is 1. The Morgan fingerprint density at radius 2 is 2.11 bits per heavy atom. The number of esters is 1. The van der Waals surface area contributed by atoms with Crippen LogP contribution in [-0.4, -0.2) is 23.9 Å². The van der Waals surface area contributed by atoms with E-state index in [2.05, 4.69) is 10.1 Å². The van der Waals surface area contributed by atoms with E-state index in [9.17, 15) is 19.7 Å². The molecule has 19 heavy (non-hydrogen) atoms. The van der Waals surface area contributed by atoms with Crippen LogP contribution in [0.3, 0.4) is 0 Å². The topological polar surface area (TPSA) is 98.5 Å². The lowest BCUT2D eigenvalue weighted by atomic mass is 10.2. The molecule has 0 saturated heterocycles. The van der Waals surface area contributed by atoms with Crippen molar-refractivity contribution in [2.24, 2.45) is 0 Å². The molecule has 0 atom stereocenters. The van der Waals surface area contributed by atoms with Crippen molar-refractivity contribution in [3.05, 3.63) is 33.3 Å². The molecule has 0 aliphatic carbocycles. The van der Waals surface area contributed by atoms with Gasteiger partial charge in [-0.25, -0.2) is 0 Å². The van der Waals surface area contributed by atoms with Crippen molar-refractivity contribution in [2.75, 3.05) is 12.4 Å². The summed E-state index contributed by atoms with van der Waals surface area (Å²) in [4.78, 5) is 32.3. The minimum atomic E-state index is -0.589.